The normalized spacial score (nSPS) is 25.1. The standard InChI is InChI=1S/C14H18O/c1-14(2,3)12-9-8-10-6-4-5-7-11(10)13(12)15/h4-9,12-13,15H,1-3H3/t12-,13-/m0/s1. The first-order valence-corrected chi connectivity index (χ1v) is 5.45. The zero-order valence-electron chi connectivity index (χ0n) is 9.57. The SMILES string of the molecule is CC(C)(C)[C@H]1C=Cc2ccccc2[C@@H]1O. The summed E-state index contributed by atoms with van der Waals surface area (Å²) in [5, 5.41) is 10.3. The Hall–Kier alpha value is -1.08. The molecule has 0 bridgehead atoms. The highest BCUT2D eigenvalue weighted by atomic mass is 16.3. The Bertz CT molecular complexity index is 385. The van der Waals surface area contributed by atoms with Gasteiger partial charge in [-0.05, 0) is 16.5 Å². The van der Waals surface area contributed by atoms with Gasteiger partial charge in [0.25, 0.3) is 0 Å². The first-order valence-electron chi connectivity index (χ1n) is 5.45. The van der Waals surface area contributed by atoms with Crippen molar-refractivity contribution < 1.29 is 5.11 Å². The van der Waals surface area contributed by atoms with Crippen molar-refractivity contribution in [2.45, 2.75) is 26.9 Å². The largest absolute Gasteiger partial charge is 0.388 e. The average Bonchev–Trinajstić information content (AvgIpc) is 2.16. The summed E-state index contributed by atoms with van der Waals surface area (Å²) in [4.78, 5) is 0. The van der Waals surface area contributed by atoms with Gasteiger partial charge < -0.3 is 5.11 Å². The van der Waals surface area contributed by atoms with Crippen LogP contribution in [0.1, 0.15) is 38.0 Å². The van der Waals surface area contributed by atoms with Crippen LogP contribution in [0.3, 0.4) is 0 Å². The molecule has 1 aromatic rings. The van der Waals surface area contributed by atoms with Crippen LogP contribution in [-0.2, 0) is 0 Å². The van der Waals surface area contributed by atoms with Gasteiger partial charge in [-0.1, -0.05) is 57.2 Å². The molecule has 2 atom stereocenters. The number of fused-ring (bicyclic) bond motifs is 1. The number of hydrogen-bond acceptors (Lipinski definition) is 1. The molecule has 1 aromatic carbocycles. The lowest BCUT2D eigenvalue weighted by molar-refractivity contribution is 0.0698. The van der Waals surface area contributed by atoms with E-state index in [1.54, 1.807) is 0 Å². The molecule has 0 radical (unpaired) electrons. The third-order valence-electron chi connectivity index (χ3n) is 3.14. The van der Waals surface area contributed by atoms with Crippen LogP contribution in [0.25, 0.3) is 6.08 Å². The Labute approximate surface area is 91.4 Å². The van der Waals surface area contributed by atoms with Gasteiger partial charge in [0.2, 0.25) is 0 Å². The Morgan fingerprint density at radius 1 is 1.13 bits per heavy atom. The number of aliphatic hydroxyl groups excluding tert-OH is 1. The van der Waals surface area contributed by atoms with Gasteiger partial charge in [0, 0.05) is 5.92 Å². The predicted molar refractivity (Wildman–Crippen MR) is 63.4 cm³/mol. The van der Waals surface area contributed by atoms with E-state index >= 15 is 0 Å². The first kappa shape index (κ1) is 10.4. The molecule has 80 valence electrons. The highest BCUT2D eigenvalue weighted by molar-refractivity contribution is 5.57. The number of aliphatic hydroxyl groups is 1. The molecular weight excluding hydrogens is 184 g/mol. The van der Waals surface area contributed by atoms with E-state index in [1.165, 1.54) is 0 Å². The van der Waals surface area contributed by atoms with Crippen LogP contribution < -0.4 is 0 Å². The fourth-order valence-electron chi connectivity index (χ4n) is 2.20. The van der Waals surface area contributed by atoms with Crippen molar-refractivity contribution in [2.75, 3.05) is 0 Å². The minimum absolute atomic E-state index is 0.101. The summed E-state index contributed by atoms with van der Waals surface area (Å²) in [6.45, 7) is 6.50. The Balaban J connectivity index is 2.42. The third-order valence-corrected chi connectivity index (χ3v) is 3.14. The highest BCUT2D eigenvalue weighted by Gasteiger charge is 2.32. The molecule has 0 heterocycles. The van der Waals surface area contributed by atoms with Crippen molar-refractivity contribution in [1.82, 2.24) is 0 Å². The molecule has 1 aliphatic carbocycles. The van der Waals surface area contributed by atoms with E-state index in [-0.39, 0.29) is 17.4 Å². The topological polar surface area (TPSA) is 20.2 Å². The molecule has 0 fully saturated rings. The van der Waals surface area contributed by atoms with Gasteiger partial charge >= 0.3 is 0 Å². The molecular formula is C14H18O. The van der Waals surface area contributed by atoms with Crippen molar-refractivity contribution >= 4 is 6.08 Å². The van der Waals surface area contributed by atoms with Crippen molar-refractivity contribution in [3.05, 3.63) is 41.5 Å². The van der Waals surface area contributed by atoms with Crippen LogP contribution in [0.2, 0.25) is 0 Å². The predicted octanol–water partition coefficient (Wildman–Crippen LogP) is 3.41. The molecule has 0 aromatic heterocycles. The Morgan fingerprint density at radius 3 is 2.47 bits per heavy atom. The maximum atomic E-state index is 10.3. The fourth-order valence-corrected chi connectivity index (χ4v) is 2.20. The summed E-state index contributed by atoms with van der Waals surface area (Å²) in [7, 11) is 0. The van der Waals surface area contributed by atoms with Gasteiger partial charge in [0.15, 0.2) is 0 Å². The van der Waals surface area contributed by atoms with E-state index in [9.17, 15) is 5.11 Å². The van der Waals surface area contributed by atoms with Crippen molar-refractivity contribution in [3.63, 3.8) is 0 Å². The summed E-state index contributed by atoms with van der Waals surface area (Å²) in [6.07, 6.45) is 3.89. The maximum Gasteiger partial charge on any atom is 0.0863 e. The van der Waals surface area contributed by atoms with E-state index in [0.717, 1.165) is 11.1 Å². The number of benzene rings is 1. The molecule has 1 N–H and O–H groups in total. The summed E-state index contributed by atoms with van der Waals surface area (Å²) in [5.74, 6) is 0.201. The lowest BCUT2D eigenvalue weighted by Crippen LogP contribution is -2.27. The van der Waals surface area contributed by atoms with Gasteiger partial charge in [0.1, 0.15) is 0 Å². The minimum Gasteiger partial charge on any atom is -0.388 e. The molecule has 1 aliphatic rings. The van der Waals surface area contributed by atoms with E-state index in [2.05, 4.69) is 32.9 Å². The molecule has 0 amide bonds. The minimum atomic E-state index is -0.369. The van der Waals surface area contributed by atoms with Crippen LogP contribution in [0.15, 0.2) is 30.3 Å². The van der Waals surface area contributed by atoms with Crippen LogP contribution in [-0.4, -0.2) is 5.11 Å². The first-order chi connectivity index (χ1) is 7.00. The molecule has 0 unspecified atom stereocenters. The number of rotatable bonds is 0. The molecule has 0 saturated carbocycles. The lowest BCUT2D eigenvalue weighted by atomic mass is 9.72. The van der Waals surface area contributed by atoms with Crippen LogP contribution in [0.5, 0.6) is 0 Å². The van der Waals surface area contributed by atoms with E-state index in [4.69, 9.17) is 0 Å². The maximum absolute atomic E-state index is 10.3. The fraction of sp³-hybridized carbons (Fsp3) is 0.429. The monoisotopic (exact) mass is 202 g/mol. The summed E-state index contributed by atoms with van der Waals surface area (Å²) < 4.78 is 0. The summed E-state index contributed by atoms with van der Waals surface area (Å²) >= 11 is 0. The van der Waals surface area contributed by atoms with Crippen LogP contribution >= 0.6 is 0 Å². The van der Waals surface area contributed by atoms with E-state index < -0.39 is 0 Å². The van der Waals surface area contributed by atoms with Gasteiger partial charge in [-0.15, -0.1) is 0 Å². The zero-order valence-corrected chi connectivity index (χ0v) is 9.57. The molecule has 0 spiro atoms. The Morgan fingerprint density at radius 2 is 1.80 bits per heavy atom. The quantitative estimate of drug-likeness (QED) is 0.683. The zero-order chi connectivity index (χ0) is 11.1. The molecule has 0 aliphatic heterocycles. The molecule has 0 saturated heterocycles. The van der Waals surface area contributed by atoms with Gasteiger partial charge in [-0.3, -0.25) is 0 Å². The van der Waals surface area contributed by atoms with Crippen LogP contribution in [0, 0.1) is 11.3 Å². The Kier molecular flexibility index (Phi) is 2.43. The third kappa shape index (κ3) is 1.84. The molecule has 2 rings (SSSR count). The van der Waals surface area contributed by atoms with E-state index in [0.29, 0.717) is 0 Å². The van der Waals surface area contributed by atoms with Crippen LogP contribution in [0.4, 0.5) is 0 Å². The summed E-state index contributed by atoms with van der Waals surface area (Å²) in [6, 6.07) is 8.06. The van der Waals surface area contributed by atoms with Gasteiger partial charge in [-0.25, -0.2) is 0 Å². The molecule has 1 nitrogen and oxygen atoms in total. The van der Waals surface area contributed by atoms with Crippen molar-refractivity contribution in [3.8, 4) is 0 Å². The second-order valence-corrected chi connectivity index (χ2v) is 5.32. The van der Waals surface area contributed by atoms with E-state index in [1.807, 2.05) is 24.3 Å². The number of hydrogen-bond donors (Lipinski definition) is 1. The molecule has 15 heavy (non-hydrogen) atoms. The second-order valence-electron chi connectivity index (χ2n) is 5.32. The smallest absolute Gasteiger partial charge is 0.0863 e. The average molecular weight is 202 g/mol. The lowest BCUT2D eigenvalue weighted by Gasteiger charge is -2.35. The van der Waals surface area contributed by atoms with Gasteiger partial charge in [0.05, 0.1) is 6.10 Å². The molecule has 1 heteroatoms. The summed E-state index contributed by atoms with van der Waals surface area (Å²) in [5.41, 5.74) is 2.30. The highest BCUT2D eigenvalue weighted by Crippen LogP contribution is 2.41. The van der Waals surface area contributed by atoms with Crippen molar-refractivity contribution in [1.29, 1.82) is 0 Å². The van der Waals surface area contributed by atoms with Gasteiger partial charge in [-0.2, -0.15) is 0 Å². The van der Waals surface area contributed by atoms with Crippen molar-refractivity contribution in [2.24, 2.45) is 11.3 Å². The second kappa shape index (κ2) is 3.49.